The first-order valence-corrected chi connectivity index (χ1v) is 15.8. The van der Waals surface area contributed by atoms with Crippen molar-refractivity contribution < 1.29 is 38.3 Å². The molecule has 0 aliphatic carbocycles. The van der Waals surface area contributed by atoms with E-state index in [1.165, 1.54) is 6.08 Å². The van der Waals surface area contributed by atoms with Gasteiger partial charge in [0.2, 0.25) is 0 Å². The minimum atomic E-state index is -4.35. The molecule has 2 aromatic carbocycles. The quantitative estimate of drug-likeness (QED) is 0.168. The fourth-order valence-electron chi connectivity index (χ4n) is 5.33. The van der Waals surface area contributed by atoms with E-state index in [2.05, 4.69) is 33.1 Å². The highest BCUT2D eigenvalue weighted by molar-refractivity contribution is 7.93. The van der Waals surface area contributed by atoms with Gasteiger partial charge in [-0.25, -0.2) is 13.1 Å². The van der Waals surface area contributed by atoms with Gasteiger partial charge in [-0.15, -0.1) is 0 Å². The van der Waals surface area contributed by atoms with Gasteiger partial charge >= 0.3 is 0 Å². The molecule has 14 heteroatoms. The Balaban J connectivity index is 1.26. The number of nitrogens with zero attached hydrogens (tertiary/aromatic N) is 3. The van der Waals surface area contributed by atoms with Crippen LogP contribution >= 0.6 is 0 Å². The monoisotopic (exact) mass is 627 g/mol. The third kappa shape index (κ3) is 7.13. The molecule has 1 aromatic heterocycles. The van der Waals surface area contributed by atoms with Crippen molar-refractivity contribution in [3.63, 3.8) is 0 Å². The summed E-state index contributed by atoms with van der Waals surface area (Å²) in [6, 6.07) is 17.5. The summed E-state index contributed by atoms with van der Waals surface area (Å²) in [5.41, 5.74) is 3.23. The van der Waals surface area contributed by atoms with Crippen molar-refractivity contribution in [1.82, 2.24) is 14.2 Å². The third-order valence-electron chi connectivity index (χ3n) is 8.00. The van der Waals surface area contributed by atoms with E-state index in [0.29, 0.717) is 5.69 Å². The molecule has 0 saturated carbocycles. The Morgan fingerprint density at radius 2 is 1.75 bits per heavy atom. The first-order chi connectivity index (χ1) is 21.1. The number of nitrogens with one attached hydrogen (secondary N) is 2. The van der Waals surface area contributed by atoms with E-state index in [1.807, 2.05) is 24.3 Å². The van der Waals surface area contributed by atoms with Crippen LogP contribution in [0.25, 0.3) is 28.1 Å². The molecule has 0 bridgehead atoms. The number of ether oxygens (including phenoxy) is 2. The number of sulfonamides is 1. The van der Waals surface area contributed by atoms with Gasteiger partial charge in [0.15, 0.2) is 11.2 Å². The zero-order valence-electron chi connectivity index (χ0n) is 24.2. The Hall–Kier alpha value is -3.36. The molecule has 2 saturated heterocycles. The van der Waals surface area contributed by atoms with Crippen LogP contribution in [0.4, 0.5) is 5.69 Å². The number of anilines is 1. The maximum absolute atomic E-state index is 12.9. The molecule has 0 spiro atoms. The van der Waals surface area contributed by atoms with Crippen LogP contribution in [0.2, 0.25) is 0 Å². The Kier molecular flexibility index (Phi) is 10.0. The van der Waals surface area contributed by atoms with E-state index in [1.54, 1.807) is 23.8 Å². The highest BCUT2D eigenvalue weighted by Crippen LogP contribution is 2.28. The number of fused-ring (bicyclic) bond motifs is 1. The summed E-state index contributed by atoms with van der Waals surface area (Å²) in [6.45, 7) is 4.70. The van der Waals surface area contributed by atoms with Crippen molar-refractivity contribution in [2.45, 2.75) is 30.7 Å². The summed E-state index contributed by atoms with van der Waals surface area (Å²) in [4.78, 5) is 1.80. The summed E-state index contributed by atoms with van der Waals surface area (Å²) in [5, 5.41) is 54.5. The Labute approximate surface area is 255 Å². The molecule has 13 nitrogen and oxygen atoms in total. The molecule has 2 fully saturated rings. The van der Waals surface area contributed by atoms with Crippen molar-refractivity contribution in [3.8, 4) is 17.3 Å². The summed E-state index contributed by atoms with van der Waals surface area (Å²) >= 11 is 0. The molecular formula is C30H37N5O8S. The van der Waals surface area contributed by atoms with E-state index < -0.39 is 52.2 Å². The average molecular weight is 628 g/mol. The van der Waals surface area contributed by atoms with E-state index >= 15 is 0 Å². The van der Waals surface area contributed by atoms with Gasteiger partial charge < -0.3 is 39.8 Å². The number of hydrogen-bond acceptors (Lipinski definition) is 11. The lowest BCUT2D eigenvalue weighted by atomic mass is 9.99. The highest BCUT2D eigenvalue weighted by Gasteiger charge is 2.43. The largest absolute Gasteiger partial charge is 0.388 e. The summed E-state index contributed by atoms with van der Waals surface area (Å²) in [5.74, 6) is 0. The van der Waals surface area contributed by atoms with Gasteiger partial charge in [-0.05, 0) is 52.7 Å². The maximum Gasteiger partial charge on any atom is 0.250 e. The van der Waals surface area contributed by atoms with Gasteiger partial charge in [0.05, 0.1) is 13.2 Å². The fourth-order valence-corrected chi connectivity index (χ4v) is 6.27. The number of benzene rings is 2. The van der Waals surface area contributed by atoms with E-state index in [4.69, 9.17) is 9.47 Å². The normalized spacial score (nSPS) is 25.2. The van der Waals surface area contributed by atoms with E-state index in [0.717, 1.165) is 67.1 Å². The second-order valence-corrected chi connectivity index (χ2v) is 12.6. The molecule has 3 aromatic rings. The molecule has 44 heavy (non-hydrogen) atoms. The summed E-state index contributed by atoms with van der Waals surface area (Å²) in [7, 11) is -2.59. The lowest BCUT2D eigenvalue weighted by Gasteiger charge is -2.38. The third-order valence-corrected chi connectivity index (χ3v) is 9.33. The van der Waals surface area contributed by atoms with E-state index in [-0.39, 0.29) is 0 Å². The van der Waals surface area contributed by atoms with Gasteiger partial charge in [0.1, 0.15) is 30.5 Å². The Bertz CT molecular complexity index is 1650. The number of morpholine rings is 1. The van der Waals surface area contributed by atoms with Crippen molar-refractivity contribution in [2.75, 3.05) is 51.3 Å². The molecule has 0 amide bonds. The number of rotatable bonds is 10. The first-order valence-electron chi connectivity index (χ1n) is 14.3. The van der Waals surface area contributed by atoms with Gasteiger partial charge in [0.25, 0.3) is 10.0 Å². The van der Waals surface area contributed by atoms with Crippen LogP contribution in [-0.4, -0.2) is 115 Å². The Morgan fingerprint density at radius 1 is 1.02 bits per heavy atom. The molecule has 0 radical (unpaired) electrons. The number of hydrogen-bond donors (Lipinski definition) is 6. The van der Waals surface area contributed by atoms with Crippen molar-refractivity contribution in [2.24, 2.45) is 7.05 Å². The number of nitriles is 1. The topological polar surface area (TPSA) is 190 Å². The molecule has 1 unspecified atom stereocenters. The zero-order valence-corrected chi connectivity index (χ0v) is 25.0. The molecular weight excluding hydrogens is 590 g/mol. The molecule has 2 aliphatic rings. The van der Waals surface area contributed by atoms with Crippen molar-refractivity contribution >= 4 is 32.6 Å². The van der Waals surface area contributed by atoms with Crippen LogP contribution in [0.3, 0.4) is 0 Å². The number of aliphatic hydroxyl groups is 4. The Morgan fingerprint density at radius 3 is 2.50 bits per heavy atom. The number of aliphatic hydroxyl groups excluding tert-OH is 4. The van der Waals surface area contributed by atoms with Crippen LogP contribution in [-0.2, 0) is 26.5 Å². The van der Waals surface area contributed by atoms with Crippen LogP contribution in [0, 0.1) is 11.3 Å². The fraction of sp³-hybridized carbons (Fsp3) is 0.433. The van der Waals surface area contributed by atoms with Crippen LogP contribution < -0.4 is 10.0 Å². The second-order valence-electron chi connectivity index (χ2n) is 10.9. The lowest BCUT2D eigenvalue weighted by molar-refractivity contribution is -0.279. The molecule has 236 valence electrons. The lowest BCUT2D eigenvalue weighted by Crippen LogP contribution is -2.59. The molecule has 2 aliphatic heterocycles. The van der Waals surface area contributed by atoms with Crippen LogP contribution in [0.5, 0.6) is 0 Å². The smallest absolute Gasteiger partial charge is 0.250 e. The van der Waals surface area contributed by atoms with E-state index in [9.17, 15) is 34.1 Å². The number of allylic oxidation sites excluding steroid dienone is 1. The molecule has 6 N–H and O–H groups in total. The van der Waals surface area contributed by atoms with Gasteiger partial charge in [-0.1, -0.05) is 18.2 Å². The van der Waals surface area contributed by atoms with Crippen LogP contribution in [0.15, 0.2) is 53.4 Å². The predicted octanol–water partition coefficient (Wildman–Crippen LogP) is 0.173. The van der Waals surface area contributed by atoms with Crippen molar-refractivity contribution in [1.29, 1.82) is 5.26 Å². The summed E-state index contributed by atoms with van der Waals surface area (Å²) < 4.78 is 40.2. The number of aromatic nitrogens is 1. The van der Waals surface area contributed by atoms with Crippen molar-refractivity contribution in [3.05, 3.63) is 59.1 Å². The van der Waals surface area contributed by atoms with Gasteiger partial charge in [-0.3, -0.25) is 4.90 Å². The standard InChI is InChI=1S/C30H37N5O8S/c1-34-23(16-24(17-31)44(40,41)33-18-26-27(36)28(37)29(38)30(39)43-26)6-7-25(34)21-3-2-20-15-22(5-4-19(20)14-21)32-8-9-35-10-12-42-13-11-35/h2-7,14-16,26-30,32-33,36-39H,8-13,18H2,1H3/b24-16+/t26-,27-,28+,29-,30?/m1/s1. The highest BCUT2D eigenvalue weighted by atomic mass is 32.2. The van der Waals surface area contributed by atoms with Crippen LogP contribution in [0.1, 0.15) is 5.69 Å². The maximum atomic E-state index is 12.9. The van der Waals surface area contributed by atoms with Gasteiger partial charge in [-0.2, -0.15) is 5.26 Å². The predicted molar refractivity (Wildman–Crippen MR) is 164 cm³/mol. The minimum Gasteiger partial charge on any atom is -0.388 e. The molecule has 3 heterocycles. The zero-order chi connectivity index (χ0) is 31.4. The first kappa shape index (κ1) is 32.0. The molecule has 5 atom stereocenters. The van der Waals surface area contributed by atoms with Gasteiger partial charge in [0, 0.05) is 56.8 Å². The SMILES string of the molecule is Cn1c(/C=C(\C#N)S(=O)(=O)NC[C@H]2OC(O)[C@H](O)[C@@H](O)[C@@H]2O)ccc1-c1ccc2cc(NCCN3CCOCC3)ccc2c1. The summed E-state index contributed by atoms with van der Waals surface area (Å²) in [6.07, 6.45) is -7.07. The second kappa shape index (κ2) is 13.7. The average Bonchev–Trinajstić information content (AvgIpc) is 3.39. The minimum absolute atomic E-state index is 0.463. The molecule has 5 rings (SSSR count).